The fourth-order valence-corrected chi connectivity index (χ4v) is 5.96. The maximum atomic E-state index is 14.0. The van der Waals surface area contributed by atoms with E-state index in [2.05, 4.69) is 0 Å². The molecular weight excluding hydrogens is 484 g/mol. The zero-order valence-corrected chi connectivity index (χ0v) is 21.1. The lowest BCUT2D eigenvalue weighted by Gasteiger charge is -2.54. The fourth-order valence-electron chi connectivity index (χ4n) is 5.96. The van der Waals surface area contributed by atoms with E-state index in [1.807, 2.05) is 0 Å². The Kier molecular flexibility index (Phi) is 6.20. The van der Waals surface area contributed by atoms with Gasteiger partial charge in [-0.2, -0.15) is 0 Å². The fraction of sp³-hybridized carbons (Fsp3) is 0.462. The molecule has 198 valence electrons. The maximum absolute atomic E-state index is 14.0. The normalized spacial score (nSPS) is 31.3. The molecule has 11 heteroatoms. The van der Waals surface area contributed by atoms with Crippen LogP contribution >= 0.6 is 0 Å². The van der Waals surface area contributed by atoms with Gasteiger partial charge in [-0.1, -0.05) is 32.9 Å². The molecule has 3 aliphatic rings. The number of Topliss-reactive ketones (excluding diaryl/α,β-unsaturated/α-hetero) is 2. The Morgan fingerprint density at radius 1 is 1.14 bits per heavy atom. The second kappa shape index (κ2) is 8.70. The molecular formula is C26H30N2O9. The van der Waals surface area contributed by atoms with Gasteiger partial charge in [0, 0.05) is 11.5 Å². The Balaban J connectivity index is 2.11. The van der Waals surface area contributed by atoms with Crippen LogP contribution in [0.4, 0.5) is 0 Å². The van der Waals surface area contributed by atoms with E-state index in [0.717, 1.165) is 0 Å². The third kappa shape index (κ3) is 3.48. The van der Waals surface area contributed by atoms with Crippen molar-refractivity contribution in [3.05, 3.63) is 46.2 Å². The number of rotatable bonds is 4. The molecule has 3 aliphatic carbocycles. The van der Waals surface area contributed by atoms with Crippen molar-refractivity contribution in [1.82, 2.24) is 4.90 Å². The third-order valence-electron chi connectivity index (χ3n) is 7.69. The summed E-state index contributed by atoms with van der Waals surface area (Å²) >= 11 is 0. The number of nitrogens with two attached hydrogens (primary N) is 1. The van der Waals surface area contributed by atoms with Gasteiger partial charge in [-0.15, -0.1) is 0 Å². The number of amides is 1. The number of hydrogen-bond acceptors (Lipinski definition) is 10. The van der Waals surface area contributed by atoms with E-state index in [1.54, 1.807) is 32.9 Å². The highest BCUT2D eigenvalue weighted by molar-refractivity contribution is 6.24. The summed E-state index contributed by atoms with van der Waals surface area (Å²) in [6.07, 6.45) is -1.41. The van der Waals surface area contributed by atoms with Gasteiger partial charge in [0.2, 0.25) is 5.78 Å². The lowest BCUT2D eigenvalue weighted by molar-refractivity contribution is -0.187. The first-order valence-corrected chi connectivity index (χ1v) is 11.8. The molecule has 0 aliphatic heterocycles. The number of aliphatic hydroxyl groups is 3. The number of carbonyl (C=O) groups is 4. The molecule has 1 unspecified atom stereocenters. The van der Waals surface area contributed by atoms with Crippen molar-refractivity contribution < 1.29 is 44.3 Å². The van der Waals surface area contributed by atoms with Crippen molar-refractivity contribution in [3.8, 4) is 5.75 Å². The standard InChI is InChI=1S/C26H30N2O9/c1-9(2)25(35)37-21-13-10(3)11-7-6-8-12(29)14(11)19(30)15(13)22(32)26(36)17(21)18(28(4)5)20(31)16(23(26)33)24(27)34/h6-10,13,17-18,21,29-30,33,36H,1-5H3,(H2,27,34)/t10-,13+,17+,18?,21-,26-/m0/s1. The predicted molar refractivity (Wildman–Crippen MR) is 129 cm³/mol. The van der Waals surface area contributed by atoms with Gasteiger partial charge in [0.15, 0.2) is 11.4 Å². The highest BCUT2D eigenvalue weighted by Crippen LogP contribution is 2.56. The van der Waals surface area contributed by atoms with Crippen molar-refractivity contribution in [1.29, 1.82) is 0 Å². The van der Waals surface area contributed by atoms with E-state index < -0.39 is 87.5 Å². The Hall–Kier alpha value is -3.70. The molecule has 0 heterocycles. The van der Waals surface area contributed by atoms with Gasteiger partial charge < -0.3 is 30.9 Å². The van der Waals surface area contributed by atoms with Gasteiger partial charge >= 0.3 is 5.97 Å². The summed E-state index contributed by atoms with van der Waals surface area (Å²) in [7, 11) is 2.94. The molecule has 0 spiro atoms. The molecule has 37 heavy (non-hydrogen) atoms. The molecule has 0 aromatic heterocycles. The summed E-state index contributed by atoms with van der Waals surface area (Å²) in [6.45, 7) is 4.85. The summed E-state index contributed by atoms with van der Waals surface area (Å²) in [5.41, 5.74) is 1.47. The number of esters is 1. The summed E-state index contributed by atoms with van der Waals surface area (Å²) in [5.74, 6) is -10.3. The van der Waals surface area contributed by atoms with Crippen molar-refractivity contribution in [2.24, 2.45) is 23.5 Å². The van der Waals surface area contributed by atoms with Crippen LogP contribution in [0.3, 0.4) is 0 Å². The first kappa shape index (κ1) is 26.4. The molecule has 6 N–H and O–H groups in total. The second-order valence-electron chi connectivity index (χ2n) is 10.4. The van der Waals surface area contributed by atoms with Gasteiger partial charge in [0.1, 0.15) is 28.9 Å². The molecule has 6 atom stereocenters. The van der Waals surface area contributed by atoms with Crippen LogP contribution < -0.4 is 5.73 Å². The maximum Gasteiger partial charge on any atom is 0.308 e. The average molecular weight is 515 g/mol. The minimum Gasteiger partial charge on any atom is -0.508 e. The number of carbonyl (C=O) groups excluding carboxylic acids is 4. The Bertz CT molecular complexity index is 1290. The van der Waals surface area contributed by atoms with Crippen molar-refractivity contribution in [2.75, 3.05) is 14.1 Å². The molecule has 0 saturated heterocycles. The van der Waals surface area contributed by atoms with Crippen LogP contribution in [0.1, 0.15) is 37.8 Å². The van der Waals surface area contributed by atoms with Gasteiger partial charge in [-0.05, 0) is 31.6 Å². The predicted octanol–water partition coefficient (Wildman–Crippen LogP) is 0.703. The molecule has 1 amide bonds. The second-order valence-corrected chi connectivity index (χ2v) is 10.4. The Morgan fingerprint density at radius 2 is 1.76 bits per heavy atom. The number of phenolic OH excluding ortho intramolecular Hbond substituents is 1. The van der Waals surface area contributed by atoms with Gasteiger partial charge in [0.05, 0.1) is 23.4 Å². The minimum atomic E-state index is -2.95. The van der Waals surface area contributed by atoms with E-state index >= 15 is 0 Å². The van der Waals surface area contributed by atoms with Crippen LogP contribution in [-0.4, -0.2) is 80.6 Å². The van der Waals surface area contributed by atoms with Crippen LogP contribution in [0.25, 0.3) is 5.76 Å². The van der Waals surface area contributed by atoms with Crippen LogP contribution in [0.2, 0.25) is 0 Å². The summed E-state index contributed by atoms with van der Waals surface area (Å²) < 4.78 is 5.85. The first-order valence-electron chi connectivity index (χ1n) is 11.8. The first-order chi connectivity index (χ1) is 17.2. The molecule has 1 aromatic rings. The van der Waals surface area contributed by atoms with Gasteiger partial charge in [-0.25, -0.2) is 0 Å². The largest absolute Gasteiger partial charge is 0.508 e. The average Bonchev–Trinajstić information content (AvgIpc) is 2.80. The number of primary amides is 1. The van der Waals surface area contributed by atoms with Crippen LogP contribution in [0.15, 0.2) is 35.1 Å². The number of phenols is 1. The lowest BCUT2D eigenvalue weighted by Crippen LogP contribution is -2.71. The van der Waals surface area contributed by atoms with Crippen molar-refractivity contribution in [3.63, 3.8) is 0 Å². The molecule has 4 rings (SSSR count). The third-order valence-corrected chi connectivity index (χ3v) is 7.69. The van der Waals surface area contributed by atoms with Gasteiger partial charge in [0.25, 0.3) is 5.91 Å². The quantitative estimate of drug-likeness (QED) is 0.283. The van der Waals surface area contributed by atoms with E-state index in [4.69, 9.17) is 10.5 Å². The summed E-state index contributed by atoms with van der Waals surface area (Å²) in [5, 5.41) is 44.7. The van der Waals surface area contributed by atoms with Crippen LogP contribution in [0.5, 0.6) is 5.75 Å². The number of likely N-dealkylation sites (N-methyl/N-ethyl adjacent to an activating group) is 1. The molecule has 1 aromatic carbocycles. The zero-order valence-electron chi connectivity index (χ0n) is 21.1. The Labute approximate surface area is 212 Å². The summed E-state index contributed by atoms with van der Waals surface area (Å²) in [4.78, 5) is 53.9. The summed E-state index contributed by atoms with van der Waals surface area (Å²) in [6, 6.07) is 3.10. The smallest absolute Gasteiger partial charge is 0.308 e. The van der Waals surface area contributed by atoms with Gasteiger partial charge in [-0.3, -0.25) is 24.1 Å². The van der Waals surface area contributed by atoms with Crippen LogP contribution in [-0.2, 0) is 23.9 Å². The number of ketones is 2. The number of hydrogen-bond donors (Lipinski definition) is 5. The number of aromatic hydroxyl groups is 1. The lowest BCUT2D eigenvalue weighted by atomic mass is 9.54. The molecule has 1 saturated carbocycles. The topological polar surface area (TPSA) is 188 Å². The number of ether oxygens (including phenoxy) is 1. The van der Waals surface area contributed by atoms with Crippen molar-refractivity contribution >= 4 is 29.2 Å². The number of aliphatic hydroxyl groups excluding tert-OH is 2. The highest BCUT2D eigenvalue weighted by Gasteiger charge is 2.69. The Morgan fingerprint density at radius 3 is 2.30 bits per heavy atom. The molecule has 11 nitrogen and oxygen atoms in total. The van der Waals surface area contributed by atoms with E-state index in [1.165, 1.54) is 25.1 Å². The zero-order chi connectivity index (χ0) is 27.7. The molecule has 0 radical (unpaired) electrons. The van der Waals surface area contributed by atoms with Crippen LogP contribution in [0, 0.1) is 17.8 Å². The molecule has 0 bridgehead atoms. The van der Waals surface area contributed by atoms with Crippen molar-refractivity contribution in [2.45, 2.75) is 44.4 Å². The van der Waals surface area contributed by atoms with E-state index in [0.29, 0.717) is 5.56 Å². The number of benzene rings is 1. The SMILES string of the molecule is CC(C)C(=O)O[C@H]1[C@H]2C(=C(O)c3c(O)cccc3[C@@H]2C)C(=O)[C@]2(O)C(O)=C(C(N)=O)C(=O)C(N(C)C)[C@H]12. The molecule has 1 fully saturated rings. The van der Waals surface area contributed by atoms with E-state index in [-0.39, 0.29) is 11.3 Å². The van der Waals surface area contributed by atoms with E-state index in [9.17, 15) is 39.6 Å². The minimum absolute atomic E-state index is 0.0415. The number of nitrogens with zero attached hydrogens (tertiary/aromatic N) is 1. The highest BCUT2D eigenvalue weighted by atomic mass is 16.5. The number of fused-ring (bicyclic) bond motifs is 3. The monoisotopic (exact) mass is 514 g/mol.